The molecule has 1 rings (SSSR count). The van der Waals surface area contributed by atoms with E-state index in [0.29, 0.717) is 17.2 Å². The standard InChI is InChI=1S/C15H21N3O/c1-4-13(11(2)3)18-15(19)14-12(7-5-9-16)8-6-10-17-14/h6,8,10-11,13H,4,9,16H2,1-3H3,(H,18,19). The van der Waals surface area contributed by atoms with E-state index in [1.807, 2.05) is 0 Å². The second-order valence-electron chi connectivity index (χ2n) is 4.64. The molecule has 1 aromatic rings. The number of rotatable bonds is 4. The van der Waals surface area contributed by atoms with Gasteiger partial charge in [-0.05, 0) is 24.5 Å². The van der Waals surface area contributed by atoms with E-state index in [2.05, 4.69) is 42.9 Å². The van der Waals surface area contributed by atoms with Crippen LogP contribution in [0.25, 0.3) is 0 Å². The van der Waals surface area contributed by atoms with Crippen LogP contribution in [0.15, 0.2) is 18.3 Å². The second-order valence-corrected chi connectivity index (χ2v) is 4.64. The Morgan fingerprint density at radius 3 is 2.84 bits per heavy atom. The number of aromatic nitrogens is 1. The molecule has 1 heterocycles. The van der Waals surface area contributed by atoms with Crippen LogP contribution in [0, 0.1) is 17.8 Å². The van der Waals surface area contributed by atoms with Crippen molar-refractivity contribution in [3.63, 3.8) is 0 Å². The zero-order valence-corrected chi connectivity index (χ0v) is 11.7. The van der Waals surface area contributed by atoms with Gasteiger partial charge in [0.2, 0.25) is 0 Å². The van der Waals surface area contributed by atoms with Crippen molar-refractivity contribution in [1.29, 1.82) is 0 Å². The molecular weight excluding hydrogens is 238 g/mol. The molecule has 19 heavy (non-hydrogen) atoms. The first-order valence-electron chi connectivity index (χ1n) is 6.55. The molecule has 3 N–H and O–H groups in total. The fourth-order valence-corrected chi connectivity index (χ4v) is 1.81. The summed E-state index contributed by atoms with van der Waals surface area (Å²) in [6, 6.07) is 3.68. The molecular formula is C15H21N3O. The lowest BCUT2D eigenvalue weighted by atomic mass is 10.0. The van der Waals surface area contributed by atoms with Crippen molar-refractivity contribution in [3.8, 4) is 11.8 Å². The van der Waals surface area contributed by atoms with Gasteiger partial charge in [0.15, 0.2) is 0 Å². The van der Waals surface area contributed by atoms with E-state index < -0.39 is 0 Å². The summed E-state index contributed by atoms with van der Waals surface area (Å²) in [5.74, 6) is 5.83. The van der Waals surface area contributed by atoms with Crippen LogP contribution in [0.4, 0.5) is 0 Å². The molecule has 0 bridgehead atoms. The van der Waals surface area contributed by atoms with Gasteiger partial charge in [-0.15, -0.1) is 0 Å². The normalized spacial score (nSPS) is 11.6. The summed E-state index contributed by atoms with van der Waals surface area (Å²) < 4.78 is 0. The van der Waals surface area contributed by atoms with Crippen molar-refractivity contribution < 1.29 is 4.79 Å². The minimum absolute atomic E-state index is 0.143. The first kappa shape index (κ1) is 15.2. The number of hydrogen-bond acceptors (Lipinski definition) is 3. The third-order valence-electron chi connectivity index (χ3n) is 2.91. The van der Waals surface area contributed by atoms with E-state index >= 15 is 0 Å². The number of pyridine rings is 1. The van der Waals surface area contributed by atoms with E-state index in [1.54, 1.807) is 18.3 Å². The smallest absolute Gasteiger partial charge is 0.271 e. The molecule has 0 saturated carbocycles. The topological polar surface area (TPSA) is 68.0 Å². The predicted molar refractivity (Wildman–Crippen MR) is 76.6 cm³/mol. The fourth-order valence-electron chi connectivity index (χ4n) is 1.81. The van der Waals surface area contributed by atoms with Gasteiger partial charge in [-0.2, -0.15) is 0 Å². The molecule has 0 aliphatic heterocycles. The first-order valence-corrected chi connectivity index (χ1v) is 6.55. The zero-order chi connectivity index (χ0) is 14.3. The van der Waals surface area contributed by atoms with Gasteiger partial charge >= 0.3 is 0 Å². The van der Waals surface area contributed by atoms with Gasteiger partial charge < -0.3 is 11.1 Å². The number of amides is 1. The highest BCUT2D eigenvalue weighted by Crippen LogP contribution is 2.09. The van der Waals surface area contributed by atoms with Gasteiger partial charge in [0.05, 0.1) is 12.1 Å². The highest BCUT2D eigenvalue weighted by Gasteiger charge is 2.17. The van der Waals surface area contributed by atoms with Crippen LogP contribution < -0.4 is 11.1 Å². The molecule has 0 aliphatic carbocycles. The Bertz CT molecular complexity index is 486. The highest BCUT2D eigenvalue weighted by molar-refractivity contribution is 5.94. The monoisotopic (exact) mass is 259 g/mol. The average molecular weight is 259 g/mol. The average Bonchev–Trinajstić information content (AvgIpc) is 2.42. The molecule has 1 atom stereocenters. The summed E-state index contributed by atoms with van der Waals surface area (Å²) in [6.07, 6.45) is 2.49. The van der Waals surface area contributed by atoms with Crippen LogP contribution in [-0.2, 0) is 0 Å². The van der Waals surface area contributed by atoms with Crippen molar-refractivity contribution in [2.45, 2.75) is 33.2 Å². The lowest BCUT2D eigenvalue weighted by Crippen LogP contribution is -2.38. The molecule has 0 fully saturated rings. The third-order valence-corrected chi connectivity index (χ3v) is 2.91. The maximum Gasteiger partial charge on any atom is 0.271 e. The van der Waals surface area contributed by atoms with E-state index in [1.165, 1.54) is 0 Å². The molecule has 0 radical (unpaired) electrons. The Morgan fingerprint density at radius 1 is 1.53 bits per heavy atom. The maximum atomic E-state index is 12.2. The van der Waals surface area contributed by atoms with Crippen molar-refractivity contribution in [2.75, 3.05) is 6.54 Å². The molecule has 0 aliphatic rings. The SMILES string of the molecule is CCC(NC(=O)c1ncccc1C#CCN)C(C)C. The van der Waals surface area contributed by atoms with Crippen LogP contribution in [0.1, 0.15) is 43.2 Å². The second kappa shape index (κ2) is 7.55. The quantitative estimate of drug-likeness (QED) is 0.806. The lowest BCUT2D eigenvalue weighted by Gasteiger charge is -2.20. The Balaban J connectivity index is 2.93. The Morgan fingerprint density at radius 2 is 2.26 bits per heavy atom. The largest absolute Gasteiger partial charge is 0.348 e. The molecule has 1 amide bonds. The summed E-state index contributed by atoms with van der Waals surface area (Å²) in [7, 11) is 0. The van der Waals surface area contributed by atoms with E-state index in [-0.39, 0.29) is 18.5 Å². The molecule has 102 valence electrons. The molecule has 0 aromatic carbocycles. The van der Waals surface area contributed by atoms with Gasteiger partial charge in [0.1, 0.15) is 5.69 Å². The summed E-state index contributed by atoms with van der Waals surface area (Å²) >= 11 is 0. The first-order chi connectivity index (χ1) is 9.10. The van der Waals surface area contributed by atoms with Crippen LogP contribution in [0.5, 0.6) is 0 Å². The molecule has 4 heteroatoms. The number of carbonyl (C=O) groups excluding carboxylic acids is 1. The van der Waals surface area contributed by atoms with Gasteiger partial charge in [-0.3, -0.25) is 4.79 Å². The number of carbonyl (C=O) groups is 1. The molecule has 0 spiro atoms. The van der Waals surface area contributed by atoms with Gasteiger partial charge in [-0.25, -0.2) is 4.98 Å². The van der Waals surface area contributed by atoms with Crippen LogP contribution in [0.2, 0.25) is 0 Å². The Kier molecular flexibility index (Phi) is 6.04. The fraction of sp³-hybridized carbons (Fsp3) is 0.467. The molecule has 4 nitrogen and oxygen atoms in total. The van der Waals surface area contributed by atoms with Crippen LogP contribution >= 0.6 is 0 Å². The molecule has 1 unspecified atom stereocenters. The van der Waals surface area contributed by atoms with Gasteiger partial charge in [0.25, 0.3) is 5.91 Å². The summed E-state index contributed by atoms with van der Waals surface area (Å²) in [6.45, 7) is 6.49. The lowest BCUT2D eigenvalue weighted by molar-refractivity contribution is 0.0919. The molecule has 0 saturated heterocycles. The highest BCUT2D eigenvalue weighted by atomic mass is 16.1. The summed E-state index contributed by atoms with van der Waals surface area (Å²) in [5.41, 5.74) is 6.33. The zero-order valence-electron chi connectivity index (χ0n) is 11.7. The minimum atomic E-state index is -0.178. The van der Waals surface area contributed by atoms with Crippen molar-refractivity contribution in [1.82, 2.24) is 10.3 Å². The van der Waals surface area contributed by atoms with Crippen molar-refractivity contribution >= 4 is 5.91 Å². The number of nitrogens with zero attached hydrogens (tertiary/aromatic N) is 1. The predicted octanol–water partition coefficient (Wildman–Crippen LogP) is 1.56. The van der Waals surface area contributed by atoms with E-state index in [4.69, 9.17) is 5.73 Å². The number of hydrogen-bond donors (Lipinski definition) is 2. The summed E-state index contributed by atoms with van der Waals surface area (Å²) in [4.78, 5) is 16.4. The Hall–Kier alpha value is -1.86. The molecule has 1 aromatic heterocycles. The van der Waals surface area contributed by atoms with E-state index in [9.17, 15) is 4.79 Å². The summed E-state index contributed by atoms with van der Waals surface area (Å²) in [5, 5.41) is 3.00. The van der Waals surface area contributed by atoms with Crippen molar-refractivity contribution in [3.05, 3.63) is 29.6 Å². The van der Waals surface area contributed by atoms with Crippen LogP contribution in [0.3, 0.4) is 0 Å². The van der Waals surface area contributed by atoms with Crippen LogP contribution in [-0.4, -0.2) is 23.5 Å². The minimum Gasteiger partial charge on any atom is -0.348 e. The number of nitrogens with one attached hydrogen (secondary N) is 1. The van der Waals surface area contributed by atoms with Gasteiger partial charge in [-0.1, -0.05) is 32.6 Å². The maximum absolute atomic E-state index is 12.2. The van der Waals surface area contributed by atoms with Crippen molar-refractivity contribution in [2.24, 2.45) is 11.7 Å². The van der Waals surface area contributed by atoms with E-state index in [0.717, 1.165) is 6.42 Å². The van der Waals surface area contributed by atoms with Gasteiger partial charge in [0, 0.05) is 12.2 Å². The third kappa shape index (κ3) is 4.38. The number of nitrogens with two attached hydrogens (primary N) is 1. The Labute approximate surface area is 114 Å².